The molecule has 1 aromatic heterocycles. The van der Waals surface area contributed by atoms with Gasteiger partial charge in [0.05, 0.1) is 4.90 Å². The van der Waals surface area contributed by atoms with E-state index in [1.165, 1.54) is 0 Å². The summed E-state index contributed by atoms with van der Waals surface area (Å²) in [6.07, 6.45) is 0.636. The van der Waals surface area contributed by atoms with E-state index in [0.29, 0.717) is 31.0 Å². The van der Waals surface area contributed by atoms with Gasteiger partial charge >= 0.3 is 0 Å². The van der Waals surface area contributed by atoms with Crippen LogP contribution in [0.3, 0.4) is 0 Å². The molecule has 30 heavy (non-hydrogen) atoms. The summed E-state index contributed by atoms with van der Waals surface area (Å²) in [4.78, 5) is 7.05. The molecule has 4 rings (SSSR count). The third kappa shape index (κ3) is 4.39. The van der Waals surface area contributed by atoms with Crippen LogP contribution in [0.15, 0.2) is 65.6 Å². The molecule has 0 aliphatic carbocycles. The van der Waals surface area contributed by atoms with Crippen LogP contribution in [0.25, 0.3) is 11.1 Å². The van der Waals surface area contributed by atoms with Crippen molar-refractivity contribution in [3.8, 4) is 11.1 Å². The van der Waals surface area contributed by atoms with E-state index in [4.69, 9.17) is 4.98 Å². The van der Waals surface area contributed by atoms with Crippen molar-refractivity contribution >= 4 is 33.0 Å². The third-order valence-corrected chi connectivity index (χ3v) is 6.40. The Balaban J connectivity index is 1.71. The minimum absolute atomic E-state index is 0.234. The maximum absolute atomic E-state index is 12.5. The number of rotatable bonds is 2. The van der Waals surface area contributed by atoms with Gasteiger partial charge in [-0.2, -0.15) is 0 Å². The van der Waals surface area contributed by atoms with E-state index < -0.39 is 10.0 Å². The van der Waals surface area contributed by atoms with Crippen LogP contribution in [0.5, 0.6) is 0 Å². The van der Waals surface area contributed by atoms with E-state index in [9.17, 15) is 8.42 Å². The number of aromatic nitrogens is 1. The molecule has 1 aliphatic heterocycles. The fourth-order valence-electron chi connectivity index (χ4n) is 3.31. The Kier molecular flexibility index (Phi) is 5.61. The molecule has 0 saturated heterocycles. The van der Waals surface area contributed by atoms with Crippen molar-refractivity contribution in [3.63, 3.8) is 0 Å². The van der Waals surface area contributed by atoms with Crippen molar-refractivity contribution in [2.24, 2.45) is 0 Å². The van der Waals surface area contributed by atoms with Crippen LogP contribution in [-0.4, -0.2) is 40.6 Å². The van der Waals surface area contributed by atoms with E-state index in [1.807, 2.05) is 32.3 Å². The van der Waals surface area contributed by atoms with E-state index in [-0.39, 0.29) is 4.90 Å². The second kappa shape index (κ2) is 8.33. The van der Waals surface area contributed by atoms with E-state index in [0.717, 1.165) is 22.6 Å². The van der Waals surface area contributed by atoms with Gasteiger partial charge in [0, 0.05) is 44.1 Å². The number of nitrogens with zero attached hydrogens (tertiary/aromatic N) is 2. The summed E-state index contributed by atoms with van der Waals surface area (Å²) >= 11 is 0. The molecular weight excluding hydrogens is 398 g/mol. The largest absolute Gasteiger partial charge is 0.378 e. The molecule has 156 valence electrons. The van der Waals surface area contributed by atoms with Gasteiger partial charge in [0.15, 0.2) is 0 Å². The molecule has 0 spiro atoms. The van der Waals surface area contributed by atoms with E-state index >= 15 is 0 Å². The van der Waals surface area contributed by atoms with Crippen LogP contribution in [-0.2, 0) is 10.0 Å². The van der Waals surface area contributed by atoms with Gasteiger partial charge in [-0.25, -0.2) is 18.1 Å². The summed E-state index contributed by atoms with van der Waals surface area (Å²) in [6.45, 7) is 0.943. The Morgan fingerprint density at radius 1 is 0.967 bits per heavy atom. The summed E-state index contributed by atoms with van der Waals surface area (Å²) < 4.78 is 27.6. The number of anilines is 4. The van der Waals surface area contributed by atoms with E-state index in [2.05, 4.69) is 44.5 Å². The minimum atomic E-state index is -3.54. The summed E-state index contributed by atoms with van der Waals surface area (Å²) in [5.41, 5.74) is 3.85. The summed E-state index contributed by atoms with van der Waals surface area (Å²) in [7, 11) is 0.488. The van der Waals surface area contributed by atoms with Crippen LogP contribution < -0.4 is 20.3 Å². The highest BCUT2D eigenvalue weighted by molar-refractivity contribution is 7.89. The molecule has 0 amide bonds. The number of hydrogen-bond acceptors (Lipinski definition) is 6. The standard InChI is InChI=1S/C22H25N5O2S/c1-27(2)18-9-7-16(8-10-18)20-11-12-21-25-17-5-3-6-19(15-17)30(28,29)24-14-4-13-23-22(20)26-21/h3,5-12,15,24H,4,13-14H2,1-2H3,(H2,23,25,26). The highest BCUT2D eigenvalue weighted by Gasteiger charge is 2.15. The van der Waals surface area contributed by atoms with Crippen molar-refractivity contribution in [1.82, 2.24) is 9.71 Å². The zero-order valence-corrected chi connectivity index (χ0v) is 17.8. The topological polar surface area (TPSA) is 86.4 Å². The van der Waals surface area contributed by atoms with Crippen molar-refractivity contribution in [2.45, 2.75) is 11.3 Å². The number of nitrogens with one attached hydrogen (secondary N) is 3. The number of sulfonamides is 1. The predicted molar refractivity (Wildman–Crippen MR) is 122 cm³/mol. The lowest BCUT2D eigenvalue weighted by Crippen LogP contribution is -2.26. The van der Waals surface area contributed by atoms with Crippen LogP contribution in [0, 0.1) is 0 Å². The summed E-state index contributed by atoms with van der Waals surface area (Å²) in [5, 5.41) is 6.58. The fourth-order valence-corrected chi connectivity index (χ4v) is 4.43. The monoisotopic (exact) mass is 423 g/mol. The van der Waals surface area contributed by atoms with Gasteiger partial charge in [0.25, 0.3) is 0 Å². The van der Waals surface area contributed by atoms with Gasteiger partial charge in [0.2, 0.25) is 10.0 Å². The van der Waals surface area contributed by atoms with Gasteiger partial charge in [0.1, 0.15) is 11.6 Å². The van der Waals surface area contributed by atoms with Gasteiger partial charge in [-0.15, -0.1) is 0 Å². The molecule has 0 atom stereocenters. The highest BCUT2D eigenvalue weighted by Crippen LogP contribution is 2.30. The summed E-state index contributed by atoms with van der Waals surface area (Å²) in [6, 6.07) is 19.0. The summed E-state index contributed by atoms with van der Waals surface area (Å²) in [5.74, 6) is 1.41. The van der Waals surface area contributed by atoms with Crippen molar-refractivity contribution in [3.05, 3.63) is 60.7 Å². The molecular formula is C22H25N5O2S. The Bertz CT molecular complexity index is 1140. The molecule has 2 heterocycles. The predicted octanol–water partition coefficient (Wildman–Crippen LogP) is 3.65. The zero-order chi connectivity index (χ0) is 21.1. The maximum Gasteiger partial charge on any atom is 0.240 e. The molecule has 1 aliphatic rings. The highest BCUT2D eigenvalue weighted by atomic mass is 32.2. The lowest BCUT2D eigenvalue weighted by atomic mass is 10.1. The van der Waals surface area contributed by atoms with Gasteiger partial charge in [-0.1, -0.05) is 18.2 Å². The molecule has 0 unspecified atom stereocenters. The lowest BCUT2D eigenvalue weighted by molar-refractivity contribution is 0.580. The second-order valence-electron chi connectivity index (χ2n) is 7.36. The molecule has 3 N–H and O–H groups in total. The van der Waals surface area contributed by atoms with Crippen LogP contribution >= 0.6 is 0 Å². The van der Waals surface area contributed by atoms with Crippen LogP contribution in [0.4, 0.5) is 23.0 Å². The molecule has 3 aromatic rings. The molecule has 4 bridgehead atoms. The molecule has 0 saturated carbocycles. The average Bonchev–Trinajstić information content (AvgIpc) is 2.74. The van der Waals surface area contributed by atoms with Crippen LogP contribution in [0.1, 0.15) is 6.42 Å². The quantitative estimate of drug-likeness (QED) is 0.583. The lowest BCUT2D eigenvalue weighted by Gasteiger charge is -2.16. The normalized spacial score (nSPS) is 15.5. The number of hydrogen-bond donors (Lipinski definition) is 3. The zero-order valence-electron chi connectivity index (χ0n) is 17.0. The molecule has 2 aromatic carbocycles. The number of benzene rings is 2. The SMILES string of the molecule is CN(C)c1ccc(-c2ccc3nc2NCCCNS(=O)(=O)c2cccc(c2)N3)cc1. The first-order chi connectivity index (χ1) is 14.4. The Labute approximate surface area is 177 Å². The van der Waals surface area contributed by atoms with Gasteiger partial charge < -0.3 is 15.5 Å². The van der Waals surface area contributed by atoms with Crippen molar-refractivity contribution < 1.29 is 8.42 Å². The smallest absolute Gasteiger partial charge is 0.240 e. The van der Waals surface area contributed by atoms with Crippen LogP contribution in [0.2, 0.25) is 0 Å². The minimum Gasteiger partial charge on any atom is -0.378 e. The molecule has 8 heteroatoms. The number of pyridine rings is 1. The molecule has 0 fully saturated rings. The van der Waals surface area contributed by atoms with Crippen molar-refractivity contribution in [1.29, 1.82) is 0 Å². The first-order valence-electron chi connectivity index (χ1n) is 9.82. The molecule has 7 nitrogen and oxygen atoms in total. The molecule has 0 radical (unpaired) electrons. The van der Waals surface area contributed by atoms with Gasteiger partial charge in [-0.05, 0) is 54.4 Å². The Morgan fingerprint density at radius 3 is 2.53 bits per heavy atom. The third-order valence-electron chi connectivity index (χ3n) is 4.94. The number of fused-ring (bicyclic) bond motifs is 4. The second-order valence-corrected chi connectivity index (χ2v) is 9.13. The van der Waals surface area contributed by atoms with Gasteiger partial charge in [-0.3, -0.25) is 0 Å². The first-order valence-corrected chi connectivity index (χ1v) is 11.3. The fraction of sp³-hybridized carbons (Fsp3) is 0.227. The maximum atomic E-state index is 12.5. The van der Waals surface area contributed by atoms with Crippen molar-refractivity contribution in [2.75, 3.05) is 42.7 Å². The Morgan fingerprint density at radius 2 is 1.77 bits per heavy atom. The first kappa shape index (κ1) is 20.2. The average molecular weight is 424 g/mol. The Hall–Kier alpha value is -3.10. The van der Waals surface area contributed by atoms with E-state index in [1.54, 1.807) is 18.2 Å².